The molecule has 1 heterocycles. The normalized spacial score (nSPS) is 29.4. The minimum absolute atomic E-state index is 0.560. The Hall–Kier alpha value is -0.900. The smallest absolute Gasteiger partial charge is 0.119 e. The van der Waals surface area contributed by atoms with Crippen molar-refractivity contribution in [3.63, 3.8) is 0 Å². The highest BCUT2D eigenvalue weighted by atomic mass is 15.3. The molecule has 0 spiro atoms. The average molecular weight is 166 g/mol. The third-order valence-electron chi connectivity index (χ3n) is 2.67. The van der Waals surface area contributed by atoms with E-state index in [9.17, 15) is 0 Å². The first-order valence-corrected chi connectivity index (χ1v) is 4.43. The van der Waals surface area contributed by atoms with Crippen LogP contribution in [-0.2, 0) is 0 Å². The first kappa shape index (κ1) is 7.73. The number of rotatable bonds is 2. The zero-order valence-corrected chi connectivity index (χ0v) is 7.27. The Balaban J connectivity index is 2.13. The van der Waals surface area contributed by atoms with E-state index < -0.39 is 0 Å². The van der Waals surface area contributed by atoms with Crippen molar-refractivity contribution >= 4 is 0 Å². The molecule has 1 aromatic rings. The van der Waals surface area contributed by atoms with Crippen LogP contribution in [0.25, 0.3) is 0 Å². The Morgan fingerprint density at radius 2 is 2.08 bits per heavy atom. The highest BCUT2D eigenvalue weighted by Crippen LogP contribution is 2.29. The van der Waals surface area contributed by atoms with Gasteiger partial charge in [0.15, 0.2) is 0 Å². The molecule has 0 saturated heterocycles. The number of hydrogen-bond donors (Lipinski definition) is 1. The molecule has 1 fully saturated rings. The largest absolute Gasteiger partial charge is 0.316 e. The fraction of sp³-hybridized carbons (Fsp3) is 0.750. The van der Waals surface area contributed by atoms with Gasteiger partial charge in [-0.25, -0.2) is 0 Å². The molecule has 12 heavy (non-hydrogen) atoms. The van der Waals surface area contributed by atoms with Crippen LogP contribution in [0.2, 0.25) is 0 Å². The SMILES string of the molecule is CNC1CCCC1n1cnnc1. The maximum Gasteiger partial charge on any atom is 0.119 e. The summed E-state index contributed by atoms with van der Waals surface area (Å²) in [5, 5.41) is 11.0. The minimum atomic E-state index is 0.560. The van der Waals surface area contributed by atoms with E-state index >= 15 is 0 Å². The summed E-state index contributed by atoms with van der Waals surface area (Å²) in [5.74, 6) is 0. The first-order valence-electron chi connectivity index (χ1n) is 4.43. The van der Waals surface area contributed by atoms with E-state index in [1.54, 1.807) is 12.7 Å². The Bertz CT molecular complexity index is 231. The van der Waals surface area contributed by atoms with Gasteiger partial charge in [0, 0.05) is 6.04 Å². The zero-order valence-electron chi connectivity index (χ0n) is 7.27. The van der Waals surface area contributed by atoms with E-state index in [2.05, 4.69) is 20.1 Å². The molecule has 2 rings (SSSR count). The lowest BCUT2D eigenvalue weighted by atomic mass is 10.2. The summed E-state index contributed by atoms with van der Waals surface area (Å²) in [5.41, 5.74) is 0. The Morgan fingerprint density at radius 3 is 2.75 bits per heavy atom. The highest BCUT2D eigenvalue weighted by Gasteiger charge is 2.26. The molecular weight excluding hydrogens is 152 g/mol. The number of nitrogens with zero attached hydrogens (tertiary/aromatic N) is 3. The average Bonchev–Trinajstić information content (AvgIpc) is 2.74. The lowest BCUT2D eigenvalue weighted by Gasteiger charge is -2.19. The summed E-state index contributed by atoms with van der Waals surface area (Å²) in [6, 6.07) is 1.16. The van der Waals surface area contributed by atoms with Crippen LogP contribution in [0.15, 0.2) is 12.7 Å². The van der Waals surface area contributed by atoms with Gasteiger partial charge < -0.3 is 9.88 Å². The second kappa shape index (κ2) is 3.23. The van der Waals surface area contributed by atoms with Gasteiger partial charge in [-0.3, -0.25) is 0 Å². The molecule has 0 aliphatic heterocycles. The molecule has 2 unspecified atom stereocenters. The van der Waals surface area contributed by atoms with Crippen LogP contribution in [-0.4, -0.2) is 27.9 Å². The van der Waals surface area contributed by atoms with Crippen LogP contribution < -0.4 is 5.32 Å². The van der Waals surface area contributed by atoms with Crippen molar-refractivity contribution in [2.24, 2.45) is 0 Å². The quantitative estimate of drug-likeness (QED) is 0.699. The van der Waals surface area contributed by atoms with Crippen LogP contribution in [0.3, 0.4) is 0 Å². The summed E-state index contributed by atoms with van der Waals surface area (Å²) in [7, 11) is 2.02. The van der Waals surface area contributed by atoms with Crippen molar-refractivity contribution in [1.29, 1.82) is 0 Å². The Labute approximate surface area is 72.0 Å². The van der Waals surface area contributed by atoms with Gasteiger partial charge in [0.2, 0.25) is 0 Å². The molecule has 1 aliphatic carbocycles. The molecule has 4 nitrogen and oxygen atoms in total. The minimum Gasteiger partial charge on any atom is -0.316 e. The molecule has 1 saturated carbocycles. The van der Waals surface area contributed by atoms with Gasteiger partial charge in [-0.2, -0.15) is 0 Å². The van der Waals surface area contributed by atoms with Crippen molar-refractivity contribution in [2.45, 2.75) is 31.3 Å². The molecule has 0 radical (unpaired) electrons. The maximum atomic E-state index is 3.82. The van der Waals surface area contributed by atoms with E-state index in [4.69, 9.17) is 0 Å². The number of likely N-dealkylation sites (N-methyl/N-ethyl adjacent to an activating group) is 1. The predicted molar refractivity (Wildman–Crippen MR) is 45.8 cm³/mol. The van der Waals surface area contributed by atoms with E-state index in [0.717, 1.165) is 0 Å². The predicted octanol–water partition coefficient (Wildman–Crippen LogP) is 0.591. The molecule has 2 atom stereocenters. The van der Waals surface area contributed by atoms with Crippen LogP contribution in [0.5, 0.6) is 0 Å². The van der Waals surface area contributed by atoms with E-state index in [-0.39, 0.29) is 0 Å². The molecule has 1 N–H and O–H groups in total. The van der Waals surface area contributed by atoms with Crippen LogP contribution >= 0.6 is 0 Å². The number of nitrogens with one attached hydrogen (secondary N) is 1. The molecule has 0 aromatic carbocycles. The van der Waals surface area contributed by atoms with E-state index in [1.807, 2.05) is 7.05 Å². The van der Waals surface area contributed by atoms with Crippen molar-refractivity contribution in [3.8, 4) is 0 Å². The van der Waals surface area contributed by atoms with Gasteiger partial charge in [0.05, 0.1) is 6.04 Å². The molecule has 66 valence electrons. The van der Waals surface area contributed by atoms with Crippen LogP contribution in [0.1, 0.15) is 25.3 Å². The molecule has 4 heteroatoms. The van der Waals surface area contributed by atoms with E-state index in [0.29, 0.717) is 12.1 Å². The maximum absolute atomic E-state index is 3.82. The number of hydrogen-bond acceptors (Lipinski definition) is 3. The van der Waals surface area contributed by atoms with Crippen molar-refractivity contribution < 1.29 is 0 Å². The molecule has 0 amide bonds. The van der Waals surface area contributed by atoms with Gasteiger partial charge in [-0.15, -0.1) is 10.2 Å². The van der Waals surface area contributed by atoms with Crippen molar-refractivity contribution in [3.05, 3.63) is 12.7 Å². The molecule has 0 bridgehead atoms. The fourth-order valence-corrected chi connectivity index (χ4v) is 2.01. The molecule has 1 aromatic heterocycles. The van der Waals surface area contributed by atoms with Gasteiger partial charge in [0.1, 0.15) is 12.7 Å². The summed E-state index contributed by atoms with van der Waals surface area (Å²) < 4.78 is 2.11. The second-order valence-corrected chi connectivity index (χ2v) is 3.30. The van der Waals surface area contributed by atoms with Gasteiger partial charge in [0.25, 0.3) is 0 Å². The lowest BCUT2D eigenvalue weighted by molar-refractivity contribution is 0.413. The fourth-order valence-electron chi connectivity index (χ4n) is 2.01. The number of aromatic nitrogens is 3. The summed E-state index contributed by atoms with van der Waals surface area (Å²) >= 11 is 0. The van der Waals surface area contributed by atoms with Gasteiger partial charge >= 0.3 is 0 Å². The topological polar surface area (TPSA) is 42.7 Å². The Kier molecular flexibility index (Phi) is 2.08. The van der Waals surface area contributed by atoms with Crippen LogP contribution in [0, 0.1) is 0 Å². The standard InChI is InChI=1S/C8H14N4/c1-9-7-3-2-4-8(7)12-5-10-11-6-12/h5-9H,2-4H2,1H3. The third kappa shape index (κ3) is 1.22. The monoisotopic (exact) mass is 166 g/mol. The Morgan fingerprint density at radius 1 is 1.33 bits per heavy atom. The lowest BCUT2D eigenvalue weighted by Crippen LogP contribution is -2.30. The van der Waals surface area contributed by atoms with Gasteiger partial charge in [-0.1, -0.05) is 0 Å². The van der Waals surface area contributed by atoms with Crippen molar-refractivity contribution in [1.82, 2.24) is 20.1 Å². The third-order valence-corrected chi connectivity index (χ3v) is 2.67. The molecular formula is C8H14N4. The summed E-state index contributed by atoms with van der Waals surface area (Å²) in [4.78, 5) is 0. The van der Waals surface area contributed by atoms with Crippen LogP contribution in [0.4, 0.5) is 0 Å². The second-order valence-electron chi connectivity index (χ2n) is 3.30. The summed E-state index contributed by atoms with van der Waals surface area (Å²) in [6.45, 7) is 0. The molecule has 1 aliphatic rings. The first-order chi connectivity index (χ1) is 5.92. The zero-order chi connectivity index (χ0) is 8.39. The highest BCUT2D eigenvalue weighted by molar-refractivity contribution is 4.88. The van der Waals surface area contributed by atoms with E-state index in [1.165, 1.54) is 19.3 Å². The van der Waals surface area contributed by atoms with Gasteiger partial charge in [-0.05, 0) is 26.3 Å². The summed E-state index contributed by atoms with van der Waals surface area (Å²) in [6.07, 6.45) is 7.41. The van der Waals surface area contributed by atoms with Crippen molar-refractivity contribution in [2.75, 3.05) is 7.05 Å².